The minimum atomic E-state index is -0.697. The standard InChI is InChI=1S/C19H19N3O4/c1-25-19(24)17-11-15(21-26-2)12-22(17)18(23)14-8-6-13(7-9-14)16-5-3-4-10-20-16/h3-10,17H,11-12H2,1-2H3/t17-/m0/s1. The quantitative estimate of drug-likeness (QED) is 0.621. The van der Waals surface area contributed by atoms with Crippen LogP contribution >= 0.6 is 0 Å². The van der Waals surface area contributed by atoms with E-state index < -0.39 is 12.0 Å². The number of benzene rings is 1. The Bertz CT molecular complexity index is 818. The molecule has 0 bridgehead atoms. The number of amides is 1. The van der Waals surface area contributed by atoms with Gasteiger partial charge in [0, 0.05) is 23.7 Å². The number of ether oxygens (including phenoxy) is 1. The fraction of sp³-hybridized carbons (Fsp3) is 0.263. The second-order valence-electron chi connectivity index (χ2n) is 5.81. The van der Waals surface area contributed by atoms with Gasteiger partial charge in [-0.3, -0.25) is 9.78 Å². The Kier molecular flexibility index (Phi) is 5.26. The summed E-state index contributed by atoms with van der Waals surface area (Å²) >= 11 is 0. The molecule has 1 atom stereocenters. The van der Waals surface area contributed by atoms with Crippen molar-refractivity contribution in [3.05, 3.63) is 54.2 Å². The van der Waals surface area contributed by atoms with E-state index in [1.807, 2.05) is 30.3 Å². The van der Waals surface area contributed by atoms with Crippen LogP contribution in [-0.2, 0) is 14.4 Å². The second-order valence-corrected chi connectivity index (χ2v) is 5.81. The summed E-state index contributed by atoms with van der Waals surface area (Å²) in [5.74, 6) is -0.723. The number of likely N-dealkylation sites (tertiary alicyclic amines) is 1. The highest BCUT2D eigenvalue weighted by Crippen LogP contribution is 2.22. The number of carbonyl (C=O) groups is 2. The summed E-state index contributed by atoms with van der Waals surface area (Å²) in [6.45, 7) is 0.231. The smallest absolute Gasteiger partial charge is 0.329 e. The van der Waals surface area contributed by atoms with Gasteiger partial charge in [0.25, 0.3) is 5.91 Å². The number of esters is 1. The molecule has 1 saturated heterocycles. The number of nitrogens with zero attached hydrogens (tertiary/aromatic N) is 3. The van der Waals surface area contributed by atoms with E-state index in [9.17, 15) is 9.59 Å². The van der Waals surface area contributed by atoms with Crippen LogP contribution in [0.3, 0.4) is 0 Å². The van der Waals surface area contributed by atoms with Gasteiger partial charge in [-0.25, -0.2) is 4.79 Å². The minimum absolute atomic E-state index is 0.231. The highest BCUT2D eigenvalue weighted by atomic mass is 16.6. The molecule has 0 radical (unpaired) electrons. The largest absolute Gasteiger partial charge is 0.467 e. The van der Waals surface area contributed by atoms with Gasteiger partial charge in [0.05, 0.1) is 25.1 Å². The SMILES string of the molecule is CON=C1C[C@@H](C(=O)OC)N(C(=O)c2ccc(-c3ccccn3)cc2)C1. The van der Waals surface area contributed by atoms with Crippen molar-refractivity contribution < 1.29 is 19.2 Å². The van der Waals surface area contributed by atoms with Crippen LogP contribution in [0.2, 0.25) is 0 Å². The normalized spacial score (nSPS) is 18.0. The van der Waals surface area contributed by atoms with E-state index in [0.717, 1.165) is 11.3 Å². The number of carbonyl (C=O) groups excluding carboxylic acids is 2. The van der Waals surface area contributed by atoms with Crippen molar-refractivity contribution >= 4 is 17.6 Å². The molecule has 2 aromatic rings. The van der Waals surface area contributed by atoms with E-state index in [4.69, 9.17) is 9.57 Å². The lowest BCUT2D eigenvalue weighted by Gasteiger charge is -2.22. The molecule has 1 fully saturated rings. The van der Waals surface area contributed by atoms with E-state index in [1.165, 1.54) is 19.1 Å². The zero-order valence-corrected chi connectivity index (χ0v) is 14.6. The van der Waals surface area contributed by atoms with Crippen molar-refractivity contribution in [1.29, 1.82) is 0 Å². The predicted octanol–water partition coefficient (Wildman–Crippen LogP) is 2.14. The van der Waals surface area contributed by atoms with Crippen LogP contribution in [0.15, 0.2) is 53.8 Å². The maximum atomic E-state index is 12.9. The number of pyridine rings is 1. The molecule has 1 aromatic carbocycles. The van der Waals surface area contributed by atoms with Crippen LogP contribution in [0, 0.1) is 0 Å². The Morgan fingerprint density at radius 1 is 1.15 bits per heavy atom. The lowest BCUT2D eigenvalue weighted by Crippen LogP contribution is -2.41. The lowest BCUT2D eigenvalue weighted by molar-refractivity contribution is -0.145. The van der Waals surface area contributed by atoms with Crippen LogP contribution in [0.4, 0.5) is 0 Å². The first-order valence-electron chi connectivity index (χ1n) is 8.13. The first kappa shape index (κ1) is 17.6. The van der Waals surface area contributed by atoms with E-state index in [2.05, 4.69) is 10.1 Å². The Hall–Kier alpha value is -3.22. The fourth-order valence-electron chi connectivity index (χ4n) is 2.94. The Labute approximate surface area is 151 Å². The molecular weight excluding hydrogens is 334 g/mol. The molecule has 1 aliphatic rings. The van der Waals surface area contributed by atoms with Gasteiger partial charge < -0.3 is 14.5 Å². The van der Waals surface area contributed by atoms with Gasteiger partial charge in [0.1, 0.15) is 13.2 Å². The highest BCUT2D eigenvalue weighted by Gasteiger charge is 2.39. The third kappa shape index (κ3) is 3.56. The van der Waals surface area contributed by atoms with Crippen molar-refractivity contribution in [1.82, 2.24) is 9.88 Å². The summed E-state index contributed by atoms with van der Waals surface area (Å²) in [5.41, 5.74) is 2.85. The molecule has 3 rings (SSSR count). The molecule has 0 spiro atoms. The first-order valence-corrected chi connectivity index (χ1v) is 8.13. The Morgan fingerprint density at radius 2 is 1.92 bits per heavy atom. The summed E-state index contributed by atoms with van der Waals surface area (Å²) in [5, 5.41) is 3.88. The van der Waals surface area contributed by atoms with Gasteiger partial charge in [-0.05, 0) is 24.3 Å². The third-order valence-electron chi connectivity index (χ3n) is 4.21. The van der Waals surface area contributed by atoms with Crippen molar-refractivity contribution in [2.75, 3.05) is 20.8 Å². The minimum Gasteiger partial charge on any atom is -0.467 e. The van der Waals surface area contributed by atoms with Crippen molar-refractivity contribution in [2.24, 2.45) is 5.16 Å². The van der Waals surface area contributed by atoms with Gasteiger partial charge >= 0.3 is 5.97 Å². The number of methoxy groups -OCH3 is 1. The van der Waals surface area contributed by atoms with Gasteiger partial charge in [0.2, 0.25) is 0 Å². The summed E-state index contributed by atoms with van der Waals surface area (Å²) in [6.07, 6.45) is 2.02. The molecule has 1 aromatic heterocycles. The first-order chi connectivity index (χ1) is 12.6. The van der Waals surface area contributed by atoms with Crippen LogP contribution in [0.25, 0.3) is 11.3 Å². The summed E-state index contributed by atoms with van der Waals surface area (Å²) in [7, 11) is 2.74. The average Bonchev–Trinajstić information content (AvgIpc) is 3.12. The third-order valence-corrected chi connectivity index (χ3v) is 4.21. The molecule has 7 nitrogen and oxygen atoms in total. The molecule has 0 unspecified atom stereocenters. The molecule has 26 heavy (non-hydrogen) atoms. The maximum absolute atomic E-state index is 12.9. The number of aromatic nitrogens is 1. The molecule has 1 amide bonds. The van der Waals surface area contributed by atoms with E-state index in [0.29, 0.717) is 17.7 Å². The molecule has 0 saturated carbocycles. The fourth-order valence-corrected chi connectivity index (χ4v) is 2.94. The number of rotatable bonds is 4. The van der Waals surface area contributed by atoms with Gasteiger partial charge in [-0.2, -0.15) is 0 Å². The molecular formula is C19H19N3O4. The molecule has 7 heteroatoms. The number of oxime groups is 1. The van der Waals surface area contributed by atoms with Crippen LogP contribution in [0.5, 0.6) is 0 Å². The monoisotopic (exact) mass is 353 g/mol. The van der Waals surface area contributed by atoms with Gasteiger partial charge in [-0.1, -0.05) is 23.4 Å². The highest BCUT2D eigenvalue weighted by molar-refractivity contribution is 6.04. The van der Waals surface area contributed by atoms with Crippen molar-refractivity contribution in [3.63, 3.8) is 0 Å². The van der Waals surface area contributed by atoms with Crippen molar-refractivity contribution in [2.45, 2.75) is 12.5 Å². The summed E-state index contributed by atoms with van der Waals surface area (Å²) in [4.78, 5) is 35.4. The topological polar surface area (TPSA) is 81.1 Å². The summed E-state index contributed by atoms with van der Waals surface area (Å²) < 4.78 is 4.82. The van der Waals surface area contributed by atoms with Crippen LogP contribution in [0.1, 0.15) is 16.8 Å². The van der Waals surface area contributed by atoms with E-state index in [-0.39, 0.29) is 12.5 Å². The number of hydrogen-bond acceptors (Lipinski definition) is 6. The molecule has 134 valence electrons. The average molecular weight is 353 g/mol. The van der Waals surface area contributed by atoms with Crippen molar-refractivity contribution in [3.8, 4) is 11.3 Å². The molecule has 0 N–H and O–H groups in total. The maximum Gasteiger partial charge on any atom is 0.329 e. The van der Waals surface area contributed by atoms with E-state index in [1.54, 1.807) is 18.3 Å². The van der Waals surface area contributed by atoms with Gasteiger partial charge in [-0.15, -0.1) is 0 Å². The summed E-state index contributed by atoms with van der Waals surface area (Å²) in [6, 6.07) is 12.1. The zero-order chi connectivity index (χ0) is 18.5. The molecule has 0 aliphatic carbocycles. The van der Waals surface area contributed by atoms with Gasteiger partial charge in [0.15, 0.2) is 0 Å². The second kappa shape index (κ2) is 7.77. The zero-order valence-electron chi connectivity index (χ0n) is 14.6. The van der Waals surface area contributed by atoms with Crippen LogP contribution < -0.4 is 0 Å². The Morgan fingerprint density at radius 3 is 2.54 bits per heavy atom. The van der Waals surface area contributed by atoms with E-state index >= 15 is 0 Å². The Balaban J connectivity index is 1.83. The van der Waals surface area contributed by atoms with Crippen LogP contribution in [-0.4, -0.2) is 54.3 Å². The molecule has 2 heterocycles. The molecule has 1 aliphatic heterocycles. The number of hydrogen-bond donors (Lipinski definition) is 0. The lowest BCUT2D eigenvalue weighted by atomic mass is 10.1. The predicted molar refractivity (Wildman–Crippen MR) is 95.6 cm³/mol.